The number of halogens is 1. The third kappa shape index (κ3) is 2.08. The molecule has 0 saturated heterocycles. The smallest absolute Gasteiger partial charge is 0.326 e. The summed E-state index contributed by atoms with van der Waals surface area (Å²) in [6.45, 7) is 0.402. The van der Waals surface area contributed by atoms with E-state index in [0.29, 0.717) is 17.3 Å². The van der Waals surface area contributed by atoms with Gasteiger partial charge in [-0.25, -0.2) is 4.79 Å². The van der Waals surface area contributed by atoms with E-state index >= 15 is 0 Å². The van der Waals surface area contributed by atoms with Crippen LogP contribution < -0.4 is 10.4 Å². The highest BCUT2D eigenvalue weighted by Gasteiger charge is 2.12. The zero-order chi connectivity index (χ0) is 14.1. The number of aromatic amines is 1. The quantitative estimate of drug-likeness (QED) is 0.805. The number of imidazole rings is 1. The van der Waals surface area contributed by atoms with Crippen molar-refractivity contribution in [2.75, 3.05) is 7.11 Å². The zero-order valence-corrected chi connectivity index (χ0v) is 11.6. The van der Waals surface area contributed by atoms with Gasteiger partial charge in [0.1, 0.15) is 11.3 Å². The normalized spacial score (nSPS) is 10.9. The van der Waals surface area contributed by atoms with E-state index in [1.54, 1.807) is 11.7 Å². The van der Waals surface area contributed by atoms with Crippen LogP contribution in [0.1, 0.15) is 5.56 Å². The van der Waals surface area contributed by atoms with Crippen LogP contribution >= 0.6 is 11.6 Å². The third-order valence-corrected chi connectivity index (χ3v) is 3.63. The molecule has 0 atom stereocenters. The van der Waals surface area contributed by atoms with E-state index in [-0.39, 0.29) is 5.69 Å². The maximum atomic E-state index is 12.1. The van der Waals surface area contributed by atoms with E-state index in [0.717, 1.165) is 16.6 Å². The highest BCUT2D eigenvalue weighted by Crippen LogP contribution is 2.24. The van der Waals surface area contributed by atoms with Gasteiger partial charge in [-0.3, -0.25) is 4.57 Å². The maximum Gasteiger partial charge on any atom is 0.326 e. The molecule has 0 aliphatic rings. The van der Waals surface area contributed by atoms with Crippen LogP contribution in [0.2, 0.25) is 5.02 Å². The summed E-state index contributed by atoms with van der Waals surface area (Å²) in [5.74, 6) is 0.660. The van der Waals surface area contributed by atoms with Gasteiger partial charge in [-0.1, -0.05) is 35.9 Å². The largest absolute Gasteiger partial charge is 0.494 e. The minimum Gasteiger partial charge on any atom is -0.494 e. The Balaban J connectivity index is 2.19. The van der Waals surface area contributed by atoms with Crippen LogP contribution in [0.25, 0.3) is 11.0 Å². The number of H-pyrrole nitrogens is 1. The fourth-order valence-electron chi connectivity index (χ4n) is 2.30. The Morgan fingerprint density at radius 1 is 1.20 bits per heavy atom. The van der Waals surface area contributed by atoms with Gasteiger partial charge in [0, 0.05) is 5.02 Å². The van der Waals surface area contributed by atoms with Gasteiger partial charge in [-0.15, -0.1) is 0 Å². The number of nitrogens with zero attached hydrogens (tertiary/aromatic N) is 1. The van der Waals surface area contributed by atoms with Crippen molar-refractivity contribution in [3.8, 4) is 5.75 Å². The second kappa shape index (κ2) is 5.06. The van der Waals surface area contributed by atoms with Gasteiger partial charge in [0.05, 0.1) is 19.2 Å². The molecule has 1 N–H and O–H groups in total. The lowest BCUT2D eigenvalue weighted by molar-refractivity contribution is 0.417. The molecule has 3 aromatic rings. The number of hydrogen-bond donors (Lipinski definition) is 1. The minimum atomic E-state index is -0.176. The van der Waals surface area contributed by atoms with Crippen LogP contribution in [0.5, 0.6) is 5.75 Å². The first-order valence-corrected chi connectivity index (χ1v) is 6.57. The van der Waals surface area contributed by atoms with Crippen molar-refractivity contribution in [1.29, 1.82) is 0 Å². The number of hydrogen-bond acceptors (Lipinski definition) is 2. The van der Waals surface area contributed by atoms with Crippen molar-refractivity contribution in [1.82, 2.24) is 9.55 Å². The van der Waals surface area contributed by atoms with Crippen molar-refractivity contribution in [3.05, 3.63) is 63.5 Å². The summed E-state index contributed by atoms with van der Waals surface area (Å²) < 4.78 is 6.97. The Labute approximate surface area is 120 Å². The monoisotopic (exact) mass is 288 g/mol. The molecule has 2 aromatic carbocycles. The number of nitrogens with one attached hydrogen (secondary N) is 1. The molecule has 4 nitrogen and oxygen atoms in total. The average molecular weight is 289 g/mol. The van der Waals surface area contributed by atoms with E-state index in [2.05, 4.69) is 4.98 Å². The standard InChI is InChI=1S/C15H13ClN2O2/c1-20-13-8-4-7-12-14(13)18(15(19)17-12)9-10-5-2-3-6-11(10)16/h2-8H,9H2,1H3,(H,17,19). The Bertz CT molecular complexity index is 820. The van der Waals surface area contributed by atoms with Gasteiger partial charge >= 0.3 is 5.69 Å². The molecule has 0 saturated carbocycles. The van der Waals surface area contributed by atoms with Crippen LogP contribution in [0.4, 0.5) is 0 Å². The molecule has 0 fully saturated rings. The number of aromatic nitrogens is 2. The highest BCUT2D eigenvalue weighted by atomic mass is 35.5. The van der Waals surface area contributed by atoms with Gasteiger partial charge < -0.3 is 9.72 Å². The number of benzene rings is 2. The molecular weight excluding hydrogens is 276 g/mol. The number of fused-ring (bicyclic) bond motifs is 1. The molecule has 0 amide bonds. The molecule has 5 heteroatoms. The molecule has 0 radical (unpaired) electrons. The number of para-hydroxylation sites is 1. The molecule has 3 rings (SSSR count). The molecule has 20 heavy (non-hydrogen) atoms. The second-order valence-electron chi connectivity index (χ2n) is 4.46. The van der Waals surface area contributed by atoms with Crippen LogP contribution in [-0.4, -0.2) is 16.7 Å². The number of methoxy groups -OCH3 is 1. The van der Waals surface area contributed by atoms with E-state index < -0.39 is 0 Å². The van der Waals surface area contributed by atoms with Gasteiger partial charge in [-0.2, -0.15) is 0 Å². The molecule has 0 bridgehead atoms. The van der Waals surface area contributed by atoms with Crippen LogP contribution in [0, 0.1) is 0 Å². The van der Waals surface area contributed by atoms with Crippen molar-refractivity contribution < 1.29 is 4.74 Å². The van der Waals surface area contributed by atoms with Crippen molar-refractivity contribution >= 4 is 22.6 Å². The molecule has 0 spiro atoms. The van der Waals surface area contributed by atoms with Crippen LogP contribution in [0.3, 0.4) is 0 Å². The van der Waals surface area contributed by atoms with Gasteiger partial charge in [0.15, 0.2) is 0 Å². The van der Waals surface area contributed by atoms with E-state index in [9.17, 15) is 4.79 Å². The van der Waals surface area contributed by atoms with E-state index in [1.165, 1.54) is 0 Å². The van der Waals surface area contributed by atoms with E-state index in [1.807, 2.05) is 42.5 Å². The lowest BCUT2D eigenvalue weighted by Crippen LogP contribution is -2.17. The van der Waals surface area contributed by atoms with Crippen LogP contribution in [-0.2, 0) is 6.54 Å². The SMILES string of the molecule is COc1cccc2[nH]c(=O)n(Cc3ccccc3Cl)c12. The fraction of sp³-hybridized carbons (Fsp3) is 0.133. The predicted molar refractivity (Wildman–Crippen MR) is 79.7 cm³/mol. The molecule has 0 aliphatic heterocycles. The zero-order valence-electron chi connectivity index (χ0n) is 10.9. The van der Waals surface area contributed by atoms with E-state index in [4.69, 9.17) is 16.3 Å². The summed E-state index contributed by atoms with van der Waals surface area (Å²) in [4.78, 5) is 15.0. The highest BCUT2D eigenvalue weighted by molar-refractivity contribution is 6.31. The van der Waals surface area contributed by atoms with Gasteiger partial charge in [0.25, 0.3) is 0 Å². The third-order valence-electron chi connectivity index (χ3n) is 3.26. The van der Waals surface area contributed by atoms with Crippen molar-refractivity contribution in [2.45, 2.75) is 6.54 Å². The summed E-state index contributed by atoms with van der Waals surface area (Å²) in [6, 6.07) is 13.0. The summed E-state index contributed by atoms with van der Waals surface area (Å²) >= 11 is 6.16. The summed E-state index contributed by atoms with van der Waals surface area (Å²) in [5.41, 5.74) is 2.22. The fourth-order valence-corrected chi connectivity index (χ4v) is 2.49. The maximum absolute atomic E-state index is 12.1. The lowest BCUT2D eigenvalue weighted by Gasteiger charge is -2.08. The first kappa shape index (κ1) is 12.8. The molecule has 0 aliphatic carbocycles. The van der Waals surface area contributed by atoms with Crippen molar-refractivity contribution in [3.63, 3.8) is 0 Å². The van der Waals surface area contributed by atoms with Gasteiger partial charge in [-0.05, 0) is 23.8 Å². The number of ether oxygens (including phenoxy) is 1. The molecular formula is C15H13ClN2O2. The molecule has 0 unspecified atom stereocenters. The predicted octanol–water partition coefficient (Wildman–Crippen LogP) is 3.04. The second-order valence-corrected chi connectivity index (χ2v) is 4.87. The lowest BCUT2D eigenvalue weighted by atomic mass is 10.2. The van der Waals surface area contributed by atoms with Crippen molar-refractivity contribution in [2.24, 2.45) is 0 Å². The molecule has 1 aromatic heterocycles. The Kier molecular flexibility index (Phi) is 3.24. The Hall–Kier alpha value is -2.20. The molecule has 1 heterocycles. The summed E-state index contributed by atoms with van der Waals surface area (Å²) in [6.07, 6.45) is 0. The minimum absolute atomic E-state index is 0.176. The first-order valence-electron chi connectivity index (χ1n) is 6.19. The Morgan fingerprint density at radius 3 is 2.75 bits per heavy atom. The average Bonchev–Trinajstić information content (AvgIpc) is 2.77. The Morgan fingerprint density at radius 2 is 2.00 bits per heavy atom. The van der Waals surface area contributed by atoms with Gasteiger partial charge in [0.2, 0.25) is 0 Å². The first-order chi connectivity index (χ1) is 9.70. The molecule has 102 valence electrons. The summed E-state index contributed by atoms with van der Waals surface area (Å²) in [7, 11) is 1.59. The topological polar surface area (TPSA) is 47.0 Å². The van der Waals surface area contributed by atoms with Crippen LogP contribution in [0.15, 0.2) is 47.3 Å². The number of rotatable bonds is 3. The summed E-state index contributed by atoms with van der Waals surface area (Å²) in [5, 5.41) is 0.642.